The van der Waals surface area contributed by atoms with Gasteiger partial charge in [-0.05, 0) is 31.2 Å². The van der Waals surface area contributed by atoms with Crippen LogP contribution in [-0.2, 0) is 20.8 Å². The van der Waals surface area contributed by atoms with Crippen molar-refractivity contribution in [3.05, 3.63) is 35.9 Å². The molecular formula is C19H30N2O6. The summed E-state index contributed by atoms with van der Waals surface area (Å²) < 4.78 is 0. The molecule has 0 unspecified atom stereocenters. The van der Waals surface area contributed by atoms with Crippen molar-refractivity contribution in [2.24, 2.45) is 11.7 Å². The lowest BCUT2D eigenvalue weighted by Crippen LogP contribution is -2.43. The van der Waals surface area contributed by atoms with E-state index >= 15 is 0 Å². The molecule has 0 saturated heterocycles. The smallest absolute Gasteiger partial charge is 0.320 e. The normalized spacial score (nSPS) is 12.8. The van der Waals surface area contributed by atoms with Crippen LogP contribution in [0, 0.1) is 5.92 Å². The van der Waals surface area contributed by atoms with Gasteiger partial charge in [0.2, 0.25) is 0 Å². The predicted octanol–water partition coefficient (Wildman–Crippen LogP) is 1.53. The Labute approximate surface area is 159 Å². The van der Waals surface area contributed by atoms with Gasteiger partial charge in [-0.15, -0.1) is 0 Å². The molecule has 0 aliphatic carbocycles. The minimum atomic E-state index is -1.02. The molecule has 0 radical (unpaired) electrons. The lowest BCUT2D eigenvalue weighted by molar-refractivity contribution is -0.145. The highest BCUT2D eigenvalue weighted by atomic mass is 16.4. The van der Waals surface area contributed by atoms with Crippen LogP contribution >= 0.6 is 0 Å². The van der Waals surface area contributed by atoms with Crippen LogP contribution in [0.5, 0.6) is 0 Å². The molecule has 152 valence electrons. The van der Waals surface area contributed by atoms with Gasteiger partial charge in [0.15, 0.2) is 0 Å². The Morgan fingerprint density at radius 2 is 1.56 bits per heavy atom. The molecule has 0 aliphatic rings. The Hall–Kier alpha value is -2.45. The second-order valence-electron chi connectivity index (χ2n) is 6.69. The second-order valence-corrected chi connectivity index (χ2v) is 6.69. The number of benzene rings is 1. The van der Waals surface area contributed by atoms with Crippen molar-refractivity contribution in [3.8, 4) is 0 Å². The van der Waals surface area contributed by atoms with Gasteiger partial charge in [-0.2, -0.15) is 0 Å². The van der Waals surface area contributed by atoms with E-state index < -0.39 is 30.0 Å². The first-order valence-electron chi connectivity index (χ1n) is 8.75. The number of carboxylic acid groups (broad SMARTS) is 3. The summed E-state index contributed by atoms with van der Waals surface area (Å²) in [6.45, 7) is 5.53. The van der Waals surface area contributed by atoms with E-state index in [1.165, 1.54) is 11.8 Å². The number of rotatable bonds is 10. The van der Waals surface area contributed by atoms with Gasteiger partial charge >= 0.3 is 17.9 Å². The van der Waals surface area contributed by atoms with Crippen LogP contribution in [0.15, 0.2) is 30.3 Å². The summed E-state index contributed by atoms with van der Waals surface area (Å²) >= 11 is 0. The lowest BCUT2D eigenvalue weighted by Gasteiger charge is -2.24. The fourth-order valence-electron chi connectivity index (χ4n) is 2.27. The van der Waals surface area contributed by atoms with Crippen molar-refractivity contribution in [3.63, 3.8) is 0 Å². The molecule has 0 amide bonds. The summed E-state index contributed by atoms with van der Waals surface area (Å²) in [5.41, 5.74) is 6.28. The van der Waals surface area contributed by atoms with Gasteiger partial charge in [0.1, 0.15) is 12.1 Å². The van der Waals surface area contributed by atoms with E-state index in [2.05, 4.69) is 0 Å². The topological polar surface area (TPSA) is 141 Å². The molecule has 5 N–H and O–H groups in total. The van der Waals surface area contributed by atoms with Gasteiger partial charge in [0, 0.05) is 6.54 Å². The van der Waals surface area contributed by atoms with Gasteiger partial charge in [-0.3, -0.25) is 19.3 Å². The third kappa shape index (κ3) is 11.7. The van der Waals surface area contributed by atoms with E-state index in [9.17, 15) is 14.4 Å². The van der Waals surface area contributed by atoms with Gasteiger partial charge in [0.25, 0.3) is 0 Å². The highest BCUT2D eigenvalue weighted by molar-refractivity contribution is 5.75. The van der Waals surface area contributed by atoms with Crippen LogP contribution < -0.4 is 5.73 Å². The molecule has 0 aromatic heterocycles. The predicted molar refractivity (Wildman–Crippen MR) is 102 cm³/mol. The number of nitrogens with two attached hydrogens (primary N) is 1. The van der Waals surface area contributed by atoms with Crippen molar-refractivity contribution in [1.82, 2.24) is 4.90 Å². The van der Waals surface area contributed by atoms with Crippen LogP contribution in [0.3, 0.4) is 0 Å². The molecule has 0 fully saturated rings. The van der Waals surface area contributed by atoms with E-state index in [0.717, 1.165) is 5.56 Å². The van der Waals surface area contributed by atoms with E-state index in [0.29, 0.717) is 25.3 Å². The Kier molecular flexibility index (Phi) is 11.7. The maximum absolute atomic E-state index is 10.9. The minimum Gasteiger partial charge on any atom is -0.480 e. The van der Waals surface area contributed by atoms with E-state index in [1.54, 1.807) is 0 Å². The fourth-order valence-corrected chi connectivity index (χ4v) is 2.27. The largest absolute Gasteiger partial charge is 0.480 e. The molecule has 27 heavy (non-hydrogen) atoms. The first kappa shape index (κ1) is 24.6. The van der Waals surface area contributed by atoms with Crippen LogP contribution in [0.4, 0.5) is 0 Å². The number of carbonyl (C=O) groups is 3. The van der Waals surface area contributed by atoms with Crippen LogP contribution in [-0.4, -0.2) is 63.3 Å². The summed E-state index contributed by atoms with van der Waals surface area (Å²) in [5, 5.41) is 26.0. The van der Waals surface area contributed by atoms with Crippen molar-refractivity contribution >= 4 is 17.9 Å². The highest BCUT2D eigenvalue weighted by Gasteiger charge is 2.22. The molecule has 0 bridgehead atoms. The summed E-state index contributed by atoms with van der Waals surface area (Å²) in [6.07, 6.45) is 1.18. The van der Waals surface area contributed by atoms with Crippen molar-refractivity contribution < 1.29 is 29.7 Å². The molecule has 0 spiro atoms. The van der Waals surface area contributed by atoms with Crippen LogP contribution in [0.25, 0.3) is 0 Å². The Morgan fingerprint density at radius 1 is 1.00 bits per heavy atom. The van der Waals surface area contributed by atoms with Crippen LogP contribution in [0.1, 0.15) is 32.8 Å². The van der Waals surface area contributed by atoms with Gasteiger partial charge in [0.05, 0.1) is 6.54 Å². The quantitative estimate of drug-likeness (QED) is 0.477. The molecular weight excluding hydrogens is 352 g/mol. The molecule has 0 heterocycles. The van der Waals surface area contributed by atoms with E-state index in [-0.39, 0.29) is 6.54 Å². The number of hydrogen-bond donors (Lipinski definition) is 4. The third-order valence-electron chi connectivity index (χ3n) is 3.82. The monoisotopic (exact) mass is 382 g/mol. The van der Waals surface area contributed by atoms with E-state index in [4.69, 9.17) is 21.1 Å². The number of carboxylic acids is 3. The molecule has 1 rings (SSSR count). The summed E-state index contributed by atoms with van der Waals surface area (Å²) in [7, 11) is 0. The van der Waals surface area contributed by atoms with E-state index in [1.807, 2.05) is 44.2 Å². The maximum atomic E-state index is 10.9. The average Bonchev–Trinajstić information content (AvgIpc) is 2.58. The molecule has 2 atom stereocenters. The van der Waals surface area contributed by atoms with Crippen LogP contribution in [0.2, 0.25) is 0 Å². The average molecular weight is 382 g/mol. The number of hydrogen-bond acceptors (Lipinski definition) is 5. The summed E-state index contributed by atoms with van der Waals surface area (Å²) in [6, 6.07) is 8.08. The molecule has 8 heteroatoms. The zero-order valence-electron chi connectivity index (χ0n) is 16.0. The summed E-state index contributed by atoms with van der Waals surface area (Å²) in [4.78, 5) is 33.2. The zero-order valence-corrected chi connectivity index (χ0v) is 16.0. The Bertz CT molecular complexity index is 591. The molecule has 1 aromatic rings. The third-order valence-corrected chi connectivity index (χ3v) is 3.82. The maximum Gasteiger partial charge on any atom is 0.320 e. The van der Waals surface area contributed by atoms with Gasteiger partial charge in [-0.1, -0.05) is 44.2 Å². The van der Waals surface area contributed by atoms with Crippen molar-refractivity contribution in [2.75, 3.05) is 13.1 Å². The van der Waals surface area contributed by atoms with Gasteiger partial charge < -0.3 is 21.1 Å². The molecule has 1 aromatic carbocycles. The zero-order chi connectivity index (χ0) is 21.0. The molecule has 0 saturated carbocycles. The second kappa shape index (κ2) is 12.8. The fraction of sp³-hybridized carbons (Fsp3) is 0.526. The number of aliphatic carboxylic acids is 3. The SMILES string of the molecule is CC(C)C[C@H](N)C(=O)O.C[C@H](C(=O)O)N(CCc1ccccc1)CC(=O)O. The van der Waals surface area contributed by atoms with Crippen molar-refractivity contribution in [1.29, 1.82) is 0 Å². The Balaban J connectivity index is 0.000000636. The lowest BCUT2D eigenvalue weighted by atomic mass is 10.1. The molecule has 8 nitrogen and oxygen atoms in total. The molecule has 0 aliphatic heterocycles. The van der Waals surface area contributed by atoms with Crippen molar-refractivity contribution in [2.45, 2.75) is 45.7 Å². The first-order chi connectivity index (χ1) is 12.5. The Morgan fingerprint density at radius 3 is 1.93 bits per heavy atom. The first-order valence-corrected chi connectivity index (χ1v) is 8.75. The highest BCUT2D eigenvalue weighted by Crippen LogP contribution is 2.05. The minimum absolute atomic E-state index is 0.264. The number of nitrogens with zero attached hydrogens (tertiary/aromatic N) is 1. The van der Waals surface area contributed by atoms with Gasteiger partial charge in [-0.25, -0.2) is 0 Å². The standard InChI is InChI=1S/C13H17NO4.C6H13NO2/c1-10(13(17)18)14(9-12(15)16)8-7-11-5-3-2-4-6-11;1-4(2)3-5(7)6(8)9/h2-6,10H,7-9H2,1H3,(H,15,16)(H,17,18);4-5H,3,7H2,1-2H3,(H,8,9)/t10-;5-/m10/s1. The summed E-state index contributed by atoms with van der Waals surface area (Å²) in [5.74, 6) is -2.58.